The molecule has 1 fully saturated rings. The molecule has 0 saturated carbocycles. The summed E-state index contributed by atoms with van der Waals surface area (Å²) in [4.78, 5) is 28.3. The molecule has 0 radical (unpaired) electrons. The molecule has 26 heavy (non-hydrogen) atoms. The van der Waals surface area contributed by atoms with Crippen molar-refractivity contribution in [3.8, 4) is 0 Å². The second-order valence-electron chi connectivity index (χ2n) is 5.89. The Morgan fingerprint density at radius 2 is 1.85 bits per heavy atom. The second-order valence-corrected chi connectivity index (χ2v) is 6.71. The van der Waals surface area contributed by atoms with Crippen LogP contribution >= 0.6 is 35.6 Å². The predicted molar refractivity (Wildman–Crippen MR) is 109 cm³/mol. The number of nitrogens with one attached hydrogen (secondary N) is 2. The van der Waals surface area contributed by atoms with Gasteiger partial charge < -0.3 is 15.5 Å². The van der Waals surface area contributed by atoms with E-state index in [9.17, 15) is 9.59 Å². The molecule has 1 aromatic rings. The first-order chi connectivity index (χ1) is 12.0. The summed E-state index contributed by atoms with van der Waals surface area (Å²) in [5.41, 5.74) is 0.420. The van der Waals surface area contributed by atoms with E-state index in [0.29, 0.717) is 35.2 Å². The maximum atomic E-state index is 12.3. The third kappa shape index (κ3) is 6.93. The van der Waals surface area contributed by atoms with Crippen LogP contribution in [0.15, 0.2) is 18.2 Å². The minimum absolute atomic E-state index is 0. The number of nitrogens with zero attached hydrogens (tertiary/aromatic N) is 2. The maximum absolute atomic E-state index is 12.3. The molecular weight excluding hydrogens is 399 g/mol. The highest BCUT2D eigenvalue weighted by molar-refractivity contribution is 6.39. The van der Waals surface area contributed by atoms with E-state index >= 15 is 0 Å². The van der Waals surface area contributed by atoms with E-state index in [0.717, 1.165) is 26.2 Å². The van der Waals surface area contributed by atoms with Crippen LogP contribution in [0.4, 0.5) is 5.69 Å². The van der Waals surface area contributed by atoms with Gasteiger partial charge in [-0.05, 0) is 18.7 Å². The lowest BCUT2D eigenvalue weighted by atomic mass is 10.2. The van der Waals surface area contributed by atoms with E-state index in [1.807, 2.05) is 16.7 Å². The van der Waals surface area contributed by atoms with E-state index in [-0.39, 0.29) is 30.8 Å². The highest BCUT2D eigenvalue weighted by Crippen LogP contribution is 2.29. The van der Waals surface area contributed by atoms with Crippen LogP contribution in [0.2, 0.25) is 10.0 Å². The molecule has 9 heteroatoms. The summed E-state index contributed by atoms with van der Waals surface area (Å²) in [6.07, 6.45) is 0.411. The number of carbonyl (C=O) groups excluding carboxylic acids is 2. The average Bonchev–Trinajstić information content (AvgIpc) is 2.62. The van der Waals surface area contributed by atoms with E-state index in [1.54, 1.807) is 18.2 Å². The Morgan fingerprint density at radius 1 is 1.23 bits per heavy atom. The molecule has 0 atom stereocenters. The van der Waals surface area contributed by atoms with Gasteiger partial charge in [0.15, 0.2) is 0 Å². The number of para-hydroxylation sites is 1. The fourth-order valence-corrected chi connectivity index (χ4v) is 3.17. The van der Waals surface area contributed by atoms with Gasteiger partial charge in [0.1, 0.15) is 0 Å². The van der Waals surface area contributed by atoms with Crippen LogP contribution in [0.1, 0.15) is 13.3 Å². The molecule has 146 valence electrons. The number of piperazine rings is 1. The van der Waals surface area contributed by atoms with Crippen LogP contribution in [-0.2, 0) is 9.59 Å². The number of anilines is 1. The summed E-state index contributed by atoms with van der Waals surface area (Å²) in [5, 5.41) is 6.77. The summed E-state index contributed by atoms with van der Waals surface area (Å²) in [7, 11) is 0. The molecule has 1 aliphatic heterocycles. The van der Waals surface area contributed by atoms with Crippen LogP contribution in [0.25, 0.3) is 0 Å². The van der Waals surface area contributed by atoms with Gasteiger partial charge in [-0.25, -0.2) is 0 Å². The Kier molecular flexibility index (Phi) is 10.3. The largest absolute Gasteiger partial charge is 0.340 e. The van der Waals surface area contributed by atoms with Crippen LogP contribution < -0.4 is 10.6 Å². The minimum atomic E-state index is -0.202. The molecule has 2 rings (SSSR count). The molecule has 2 amide bonds. The first-order valence-electron chi connectivity index (χ1n) is 8.46. The van der Waals surface area contributed by atoms with E-state index in [2.05, 4.69) is 10.6 Å². The molecule has 0 aliphatic carbocycles. The van der Waals surface area contributed by atoms with Crippen molar-refractivity contribution in [3.05, 3.63) is 28.2 Å². The number of halogens is 3. The maximum Gasteiger partial charge on any atom is 0.238 e. The van der Waals surface area contributed by atoms with Crippen molar-refractivity contribution in [1.29, 1.82) is 0 Å². The monoisotopic (exact) mass is 422 g/mol. The molecule has 0 aromatic heterocycles. The van der Waals surface area contributed by atoms with Crippen molar-refractivity contribution >= 4 is 53.1 Å². The Hall–Kier alpha value is -1.05. The molecular formula is C17H25Cl3N4O2. The standard InChI is InChI=1S/C17H24Cl2N4O2.ClH/c1-2-22(9-6-16(25)23-10-7-20-8-11-23)12-15(24)21-17-13(18)4-3-5-14(17)19;/h3-5,20H,2,6-12H2,1H3,(H,21,24);1H. The first kappa shape index (κ1) is 23.0. The van der Waals surface area contributed by atoms with Crippen molar-refractivity contribution < 1.29 is 9.59 Å². The lowest BCUT2D eigenvalue weighted by Crippen LogP contribution is -2.47. The summed E-state index contributed by atoms with van der Waals surface area (Å²) < 4.78 is 0. The lowest BCUT2D eigenvalue weighted by Gasteiger charge is -2.28. The van der Waals surface area contributed by atoms with Crippen LogP contribution in [-0.4, -0.2) is 67.4 Å². The predicted octanol–water partition coefficient (Wildman–Crippen LogP) is 2.50. The molecule has 1 aliphatic rings. The van der Waals surface area contributed by atoms with Crippen LogP contribution in [0, 0.1) is 0 Å². The fourth-order valence-electron chi connectivity index (χ4n) is 2.67. The third-order valence-corrected chi connectivity index (χ3v) is 4.78. The zero-order chi connectivity index (χ0) is 18.2. The molecule has 0 unspecified atom stereocenters. The topological polar surface area (TPSA) is 64.7 Å². The quantitative estimate of drug-likeness (QED) is 0.707. The number of rotatable bonds is 7. The number of likely N-dealkylation sites (N-methyl/N-ethyl adjacent to an activating group) is 1. The van der Waals surface area contributed by atoms with E-state index in [4.69, 9.17) is 23.2 Å². The second kappa shape index (κ2) is 11.6. The Balaban J connectivity index is 0.00000338. The SMILES string of the molecule is CCN(CCC(=O)N1CCNCC1)CC(=O)Nc1c(Cl)cccc1Cl.Cl. The van der Waals surface area contributed by atoms with Crippen LogP contribution in [0.3, 0.4) is 0 Å². The number of carbonyl (C=O) groups is 2. The number of hydrogen-bond donors (Lipinski definition) is 2. The fraction of sp³-hybridized carbons (Fsp3) is 0.529. The lowest BCUT2D eigenvalue weighted by molar-refractivity contribution is -0.132. The van der Waals surface area contributed by atoms with E-state index in [1.165, 1.54) is 0 Å². The molecule has 2 N–H and O–H groups in total. The Bertz CT molecular complexity index is 589. The van der Waals surface area contributed by atoms with Gasteiger partial charge in [-0.2, -0.15) is 0 Å². The van der Waals surface area contributed by atoms with Gasteiger partial charge in [0.05, 0.1) is 22.3 Å². The van der Waals surface area contributed by atoms with E-state index < -0.39 is 0 Å². The number of amides is 2. The van der Waals surface area contributed by atoms with Crippen LogP contribution in [0.5, 0.6) is 0 Å². The van der Waals surface area contributed by atoms with Crippen molar-refractivity contribution in [2.45, 2.75) is 13.3 Å². The van der Waals surface area contributed by atoms with Crippen molar-refractivity contribution in [3.63, 3.8) is 0 Å². The molecule has 0 spiro atoms. The Labute approximate surface area is 170 Å². The first-order valence-corrected chi connectivity index (χ1v) is 9.21. The molecule has 6 nitrogen and oxygen atoms in total. The molecule has 0 bridgehead atoms. The zero-order valence-corrected chi connectivity index (χ0v) is 17.1. The van der Waals surface area contributed by atoms with Gasteiger partial charge in [-0.15, -0.1) is 12.4 Å². The van der Waals surface area contributed by atoms with Crippen molar-refractivity contribution in [1.82, 2.24) is 15.1 Å². The van der Waals surface area contributed by atoms with Gasteiger partial charge >= 0.3 is 0 Å². The number of hydrogen-bond acceptors (Lipinski definition) is 4. The van der Waals surface area contributed by atoms with Gasteiger partial charge in [-0.1, -0.05) is 36.2 Å². The van der Waals surface area contributed by atoms with Crippen molar-refractivity contribution in [2.24, 2.45) is 0 Å². The summed E-state index contributed by atoms with van der Waals surface area (Å²) in [5.74, 6) is -0.0685. The van der Waals surface area contributed by atoms with Gasteiger partial charge in [0.2, 0.25) is 11.8 Å². The normalized spacial score (nSPS) is 14.1. The average molecular weight is 424 g/mol. The minimum Gasteiger partial charge on any atom is -0.340 e. The molecule has 1 aromatic carbocycles. The number of benzene rings is 1. The molecule has 1 heterocycles. The molecule has 1 saturated heterocycles. The summed E-state index contributed by atoms with van der Waals surface area (Å²) >= 11 is 12.1. The highest BCUT2D eigenvalue weighted by Gasteiger charge is 2.18. The van der Waals surface area contributed by atoms with Crippen molar-refractivity contribution in [2.75, 3.05) is 51.1 Å². The smallest absolute Gasteiger partial charge is 0.238 e. The summed E-state index contributed by atoms with van der Waals surface area (Å²) in [6, 6.07) is 5.07. The highest BCUT2D eigenvalue weighted by atomic mass is 35.5. The van der Waals surface area contributed by atoms with Gasteiger partial charge in [0.25, 0.3) is 0 Å². The van der Waals surface area contributed by atoms with Gasteiger partial charge in [0, 0.05) is 39.1 Å². The van der Waals surface area contributed by atoms with Gasteiger partial charge in [-0.3, -0.25) is 14.5 Å². The Morgan fingerprint density at radius 3 is 2.42 bits per heavy atom. The summed E-state index contributed by atoms with van der Waals surface area (Å²) in [6.45, 7) is 6.54. The third-order valence-electron chi connectivity index (χ3n) is 4.15. The zero-order valence-electron chi connectivity index (χ0n) is 14.8.